The number of carbonyl (C=O) groups is 2. The molecule has 1 aromatic heterocycles. The van der Waals surface area contributed by atoms with E-state index in [1.807, 2.05) is 29.2 Å². The SMILES string of the molecule is CN(Cc1cnc2ccccc2n1)C(=O)C1CC(=O)N(C2CCCC2)C1. The van der Waals surface area contributed by atoms with Gasteiger partial charge >= 0.3 is 0 Å². The van der Waals surface area contributed by atoms with Crippen molar-refractivity contribution in [2.45, 2.75) is 44.7 Å². The number of likely N-dealkylation sites (tertiary alicyclic amines) is 1. The van der Waals surface area contributed by atoms with Crippen LogP contribution in [0.1, 0.15) is 37.8 Å². The van der Waals surface area contributed by atoms with E-state index in [9.17, 15) is 9.59 Å². The maximum absolute atomic E-state index is 12.8. The van der Waals surface area contributed by atoms with E-state index >= 15 is 0 Å². The van der Waals surface area contributed by atoms with Gasteiger partial charge in [-0.25, -0.2) is 4.98 Å². The predicted molar refractivity (Wildman–Crippen MR) is 98.1 cm³/mol. The summed E-state index contributed by atoms with van der Waals surface area (Å²) < 4.78 is 0. The number of para-hydroxylation sites is 2. The Labute approximate surface area is 153 Å². The van der Waals surface area contributed by atoms with E-state index in [1.54, 1.807) is 18.1 Å². The van der Waals surface area contributed by atoms with Crippen molar-refractivity contribution in [2.24, 2.45) is 5.92 Å². The molecule has 1 saturated heterocycles. The van der Waals surface area contributed by atoms with Crippen LogP contribution in [0.4, 0.5) is 0 Å². The first kappa shape index (κ1) is 16.9. The quantitative estimate of drug-likeness (QED) is 0.847. The van der Waals surface area contributed by atoms with Crippen LogP contribution in [-0.2, 0) is 16.1 Å². The minimum atomic E-state index is -0.235. The van der Waals surface area contributed by atoms with E-state index in [1.165, 1.54) is 12.8 Å². The standard InChI is InChI=1S/C20H24N4O2/c1-23(13-15-11-21-17-8-4-5-9-18(17)22-15)20(26)14-10-19(25)24(12-14)16-6-2-3-7-16/h4-5,8-9,11,14,16H,2-3,6-7,10,12-13H2,1H3. The third-order valence-corrected chi connectivity index (χ3v) is 5.55. The molecule has 4 rings (SSSR count). The molecule has 6 nitrogen and oxygen atoms in total. The lowest BCUT2D eigenvalue weighted by Crippen LogP contribution is -2.37. The van der Waals surface area contributed by atoms with Crippen LogP contribution in [0, 0.1) is 5.92 Å². The molecule has 1 aliphatic heterocycles. The Balaban J connectivity index is 1.41. The van der Waals surface area contributed by atoms with Crippen molar-refractivity contribution >= 4 is 22.8 Å². The Hall–Kier alpha value is -2.50. The van der Waals surface area contributed by atoms with Gasteiger partial charge in [-0.2, -0.15) is 0 Å². The van der Waals surface area contributed by atoms with Gasteiger partial charge in [0.25, 0.3) is 0 Å². The molecular weight excluding hydrogens is 328 g/mol. The normalized spacial score (nSPS) is 20.9. The second-order valence-corrected chi connectivity index (χ2v) is 7.43. The minimum Gasteiger partial charge on any atom is -0.339 e. The third-order valence-electron chi connectivity index (χ3n) is 5.55. The lowest BCUT2D eigenvalue weighted by atomic mass is 10.1. The summed E-state index contributed by atoms with van der Waals surface area (Å²) in [4.78, 5) is 37.8. The van der Waals surface area contributed by atoms with E-state index in [0.29, 0.717) is 25.6 Å². The van der Waals surface area contributed by atoms with Crippen molar-refractivity contribution in [1.82, 2.24) is 19.8 Å². The van der Waals surface area contributed by atoms with Gasteiger partial charge in [-0.3, -0.25) is 14.6 Å². The molecule has 2 fully saturated rings. The van der Waals surface area contributed by atoms with Gasteiger partial charge in [-0.1, -0.05) is 25.0 Å². The van der Waals surface area contributed by atoms with Gasteiger partial charge in [-0.15, -0.1) is 0 Å². The fourth-order valence-electron chi connectivity index (χ4n) is 4.17. The minimum absolute atomic E-state index is 0.0220. The van der Waals surface area contributed by atoms with Crippen molar-refractivity contribution in [3.8, 4) is 0 Å². The molecular formula is C20H24N4O2. The van der Waals surface area contributed by atoms with Crippen LogP contribution in [0.15, 0.2) is 30.5 Å². The number of fused-ring (bicyclic) bond motifs is 1. The topological polar surface area (TPSA) is 66.4 Å². The molecule has 0 radical (unpaired) electrons. The molecule has 2 amide bonds. The Kier molecular flexibility index (Phi) is 4.57. The number of amides is 2. The first-order valence-electron chi connectivity index (χ1n) is 9.37. The van der Waals surface area contributed by atoms with E-state index in [-0.39, 0.29) is 17.7 Å². The zero-order valence-electron chi connectivity index (χ0n) is 15.1. The molecule has 26 heavy (non-hydrogen) atoms. The molecule has 1 aromatic carbocycles. The van der Waals surface area contributed by atoms with E-state index in [2.05, 4.69) is 9.97 Å². The van der Waals surface area contributed by atoms with E-state index < -0.39 is 0 Å². The molecule has 2 heterocycles. The monoisotopic (exact) mass is 352 g/mol. The van der Waals surface area contributed by atoms with Gasteiger partial charge in [0.1, 0.15) is 0 Å². The van der Waals surface area contributed by atoms with Crippen molar-refractivity contribution in [3.05, 3.63) is 36.2 Å². The Morgan fingerprint density at radius 1 is 1.23 bits per heavy atom. The molecule has 1 unspecified atom stereocenters. The second-order valence-electron chi connectivity index (χ2n) is 7.43. The zero-order chi connectivity index (χ0) is 18.1. The summed E-state index contributed by atoms with van der Waals surface area (Å²) in [5, 5.41) is 0. The number of benzene rings is 1. The lowest BCUT2D eigenvalue weighted by Gasteiger charge is -2.25. The molecule has 0 N–H and O–H groups in total. The first-order chi connectivity index (χ1) is 12.6. The van der Waals surface area contributed by atoms with Gasteiger partial charge in [0.15, 0.2) is 0 Å². The summed E-state index contributed by atoms with van der Waals surface area (Å²) in [5.41, 5.74) is 2.43. The van der Waals surface area contributed by atoms with Crippen molar-refractivity contribution < 1.29 is 9.59 Å². The molecule has 1 saturated carbocycles. The smallest absolute Gasteiger partial charge is 0.228 e. The van der Waals surface area contributed by atoms with E-state index in [4.69, 9.17) is 0 Å². The maximum Gasteiger partial charge on any atom is 0.228 e. The molecule has 0 bridgehead atoms. The summed E-state index contributed by atoms with van der Waals surface area (Å²) in [6.07, 6.45) is 6.59. The summed E-state index contributed by atoms with van der Waals surface area (Å²) in [6.45, 7) is 0.973. The molecule has 6 heteroatoms. The average molecular weight is 352 g/mol. The Morgan fingerprint density at radius 3 is 2.73 bits per heavy atom. The highest BCUT2D eigenvalue weighted by molar-refractivity contribution is 5.89. The summed E-state index contributed by atoms with van der Waals surface area (Å²) in [6, 6.07) is 8.04. The second kappa shape index (κ2) is 7.02. The van der Waals surface area contributed by atoms with Gasteiger partial charge in [0.05, 0.1) is 35.4 Å². The van der Waals surface area contributed by atoms with Crippen molar-refractivity contribution in [3.63, 3.8) is 0 Å². The number of aromatic nitrogens is 2. The summed E-state index contributed by atoms with van der Waals surface area (Å²) in [7, 11) is 1.78. The molecule has 0 spiro atoms. The van der Waals surface area contributed by atoms with Gasteiger partial charge in [-0.05, 0) is 25.0 Å². The zero-order valence-corrected chi connectivity index (χ0v) is 15.1. The van der Waals surface area contributed by atoms with Crippen LogP contribution < -0.4 is 0 Å². The number of rotatable bonds is 4. The molecule has 2 aliphatic rings. The van der Waals surface area contributed by atoms with Crippen LogP contribution in [-0.4, -0.2) is 51.2 Å². The largest absolute Gasteiger partial charge is 0.339 e. The summed E-state index contributed by atoms with van der Waals surface area (Å²) in [5.74, 6) is -0.0792. The number of hydrogen-bond donors (Lipinski definition) is 0. The van der Waals surface area contributed by atoms with Crippen molar-refractivity contribution in [2.75, 3.05) is 13.6 Å². The molecule has 1 aliphatic carbocycles. The van der Waals surface area contributed by atoms with E-state index in [0.717, 1.165) is 29.6 Å². The molecule has 2 aromatic rings. The Bertz CT molecular complexity index is 831. The summed E-state index contributed by atoms with van der Waals surface area (Å²) >= 11 is 0. The molecule has 136 valence electrons. The van der Waals surface area contributed by atoms with Crippen molar-refractivity contribution in [1.29, 1.82) is 0 Å². The van der Waals surface area contributed by atoms with Gasteiger partial charge < -0.3 is 9.80 Å². The van der Waals surface area contributed by atoms with Gasteiger partial charge in [0, 0.05) is 26.1 Å². The first-order valence-corrected chi connectivity index (χ1v) is 9.37. The number of hydrogen-bond acceptors (Lipinski definition) is 4. The Morgan fingerprint density at radius 2 is 1.96 bits per heavy atom. The fraction of sp³-hybridized carbons (Fsp3) is 0.500. The maximum atomic E-state index is 12.8. The molecule has 1 atom stereocenters. The predicted octanol–water partition coefficient (Wildman–Crippen LogP) is 2.38. The van der Waals surface area contributed by atoms with Crippen LogP contribution in [0.3, 0.4) is 0 Å². The van der Waals surface area contributed by atoms with Crippen LogP contribution in [0.5, 0.6) is 0 Å². The average Bonchev–Trinajstić information content (AvgIpc) is 3.30. The van der Waals surface area contributed by atoms with Crippen LogP contribution in [0.25, 0.3) is 11.0 Å². The van der Waals surface area contributed by atoms with Gasteiger partial charge in [0.2, 0.25) is 11.8 Å². The van der Waals surface area contributed by atoms with Crippen LogP contribution >= 0.6 is 0 Å². The highest BCUT2D eigenvalue weighted by Gasteiger charge is 2.39. The number of carbonyl (C=O) groups excluding carboxylic acids is 2. The highest BCUT2D eigenvalue weighted by Crippen LogP contribution is 2.30. The van der Waals surface area contributed by atoms with Crippen LogP contribution in [0.2, 0.25) is 0 Å². The fourth-order valence-corrected chi connectivity index (χ4v) is 4.17. The highest BCUT2D eigenvalue weighted by atomic mass is 16.2. The number of nitrogens with zero attached hydrogens (tertiary/aromatic N) is 4. The lowest BCUT2D eigenvalue weighted by molar-refractivity contribution is -0.135. The third kappa shape index (κ3) is 3.28.